The molecule has 1 aromatic heterocycles. The van der Waals surface area contributed by atoms with E-state index in [1.54, 1.807) is 36.4 Å². The lowest BCUT2D eigenvalue weighted by atomic mass is 9.95. The highest BCUT2D eigenvalue weighted by atomic mass is 32.1. The van der Waals surface area contributed by atoms with Crippen LogP contribution in [0.25, 0.3) is 16.0 Å². The Morgan fingerprint density at radius 2 is 1.89 bits per heavy atom. The van der Waals surface area contributed by atoms with Gasteiger partial charge in [0.2, 0.25) is 0 Å². The number of carbonyl (C=O) groups is 2. The van der Waals surface area contributed by atoms with Gasteiger partial charge in [-0.3, -0.25) is 14.5 Å². The number of benzene rings is 3. The number of aromatic nitrogens is 1. The van der Waals surface area contributed by atoms with E-state index >= 15 is 0 Å². The Labute approximate surface area is 211 Å². The van der Waals surface area contributed by atoms with E-state index in [0.717, 1.165) is 23.3 Å². The van der Waals surface area contributed by atoms with Crippen LogP contribution in [0.15, 0.2) is 72.3 Å². The largest absolute Gasteiger partial charge is 0.507 e. The maximum Gasteiger partial charge on any atom is 0.301 e. The molecule has 1 atom stereocenters. The number of aliphatic hydroxyl groups excluding tert-OH is 1. The first-order chi connectivity index (χ1) is 17.4. The van der Waals surface area contributed by atoms with Crippen LogP contribution in [0, 0.1) is 12.7 Å². The van der Waals surface area contributed by atoms with Crippen LogP contribution >= 0.6 is 11.3 Å². The average molecular weight is 503 g/mol. The molecule has 0 spiro atoms. The molecule has 0 saturated carbocycles. The van der Waals surface area contributed by atoms with E-state index in [0.29, 0.717) is 33.7 Å². The number of hydrogen-bond donors (Lipinski definition) is 1. The summed E-state index contributed by atoms with van der Waals surface area (Å²) in [6.45, 7) is 4.42. The number of thiazole rings is 1. The van der Waals surface area contributed by atoms with Gasteiger partial charge in [0.15, 0.2) is 5.13 Å². The molecular formula is C28H23FN2O4S. The quantitative estimate of drug-likeness (QED) is 0.194. The first kappa shape index (κ1) is 23.7. The molecule has 4 aromatic rings. The van der Waals surface area contributed by atoms with Gasteiger partial charge in [0, 0.05) is 5.56 Å². The molecule has 1 aliphatic heterocycles. The third kappa shape index (κ3) is 4.24. The number of anilines is 1. The number of fused-ring (bicyclic) bond motifs is 1. The molecule has 1 amide bonds. The van der Waals surface area contributed by atoms with Crippen molar-refractivity contribution in [1.82, 2.24) is 4.98 Å². The average Bonchev–Trinajstić information content (AvgIpc) is 3.40. The fourth-order valence-electron chi connectivity index (χ4n) is 4.20. The Morgan fingerprint density at radius 1 is 1.11 bits per heavy atom. The molecule has 8 heteroatoms. The van der Waals surface area contributed by atoms with Gasteiger partial charge in [-0.25, -0.2) is 9.37 Å². The predicted molar refractivity (Wildman–Crippen MR) is 138 cm³/mol. The van der Waals surface area contributed by atoms with Gasteiger partial charge in [0.1, 0.15) is 17.3 Å². The van der Waals surface area contributed by atoms with Crippen molar-refractivity contribution in [3.63, 3.8) is 0 Å². The number of rotatable bonds is 6. The molecule has 182 valence electrons. The molecular weight excluding hydrogens is 479 g/mol. The second kappa shape index (κ2) is 9.54. The summed E-state index contributed by atoms with van der Waals surface area (Å²) in [5.74, 6) is -1.73. The number of halogens is 1. The molecule has 1 unspecified atom stereocenters. The number of aryl methyl sites for hydroxylation is 1. The summed E-state index contributed by atoms with van der Waals surface area (Å²) in [7, 11) is 0. The van der Waals surface area contributed by atoms with Crippen molar-refractivity contribution >= 4 is 44.1 Å². The lowest BCUT2D eigenvalue weighted by Crippen LogP contribution is -2.29. The molecule has 6 nitrogen and oxygen atoms in total. The van der Waals surface area contributed by atoms with E-state index < -0.39 is 23.5 Å². The molecule has 36 heavy (non-hydrogen) atoms. The van der Waals surface area contributed by atoms with E-state index in [-0.39, 0.29) is 16.5 Å². The zero-order chi connectivity index (χ0) is 25.4. The van der Waals surface area contributed by atoms with Gasteiger partial charge in [0.25, 0.3) is 5.78 Å². The monoisotopic (exact) mass is 502 g/mol. The van der Waals surface area contributed by atoms with Crippen LogP contribution in [0.4, 0.5) is 9.52 Å². The van der Waals surface area contributed by atoms with Crippen molar-refractivity contribution in [2.24, 2.45) is 0 Å². The van der Waals surface area contributed by atoms with Crippen LogP contribution in [0.2, 0.25) is 0 Å². The summed E-state index contributed by atoms with van der Waals surface area (Å²) < 4.78 is 20.2. The number of hydrogen-bond acceptors (Lipinski definition) is 6. The fourth-order valence-corrected chi connectivity index (χ4v) is 5.21. The van der Waals surface area contributed by atoms with Gasteiger partial charge in [-0.15, -0.1) is 0 Å². The Hall–Kier alpha value is -4.04. The van der Waals surface area contributed by atoms with Crippen molar-refractivity contribution < 1.29 is 23.8 Å². The minimum atomic E-state index is -0.943. The molecule has 1 fully saturated rings. The second-order valence-electron chi connectivity index (χ2n) is 8.56. The van der Waals surface area contributed by atoms with Gasteiger partial charge < -0.3 is 9.84 Å². The molecule has 0 bridgehead atoms. The molecule has 1 aliphatic rings. The SMILES string of the molecule is CCCOc1cccc(C2/C(=C(\O)c3ccc(C)cc3)C(=O)C(=O)N2c2nc3ccc(F)cc3s2)c1. The van der Waals surface area contributed by atoms with Crippen molar-refractivity contribution in [2.45, 2.75) is 26.3 Å². The summed E-state index contributed by atoms with van der Waals surface area (Å²) in [6, 6.07) is 17.4. The van der Waals surface area contributed by atoms with E-state index in [9.17, 15) is 19.1 Å². The highest BCUT2D eigenvalue weighted by Crippen LogP contribution is 2.44. The van der Waals surface area contributed by atoms with Crippen LogP contribution in [0.1, 0.15) is 36.1 Å². The first-order valence-electron chi connectivity index (χ1n) is 11.5. The number of Topliss-reactive ketones (excluding diaryl/α,β-unsaturated/α-hetero) is 1. The number of carbonyl (C=O) groups excluding carboxylic acids is 2. The molecule has 1 N–H and O–H groups in total. The fraction of sp³-hybridized carbons (Fsp3) is 0.179. The third-order valence-electron chi connectivity index (χ3n) is 5.96. The minimum absolute atomic E-state index is 0.0399. The summed E-state index contributed by atoms with van der Waals surface area (Å²) in [4.78, 5) is 32.5. The molecule has 1 saturated heterocycles. The maximum atomic E-state index is 13.8. The summed E-state index contributed by atoms with van der Waals surface area (Å²) >= 11 is 1.11. The highest BCUT2D eigenvalue weighted by Gasteiger charge is 2.48. The molecule has 3 aromatic carbocycles. The Kier molecular flexibility index (Phi) is 6.28. The smallest absolute Gasteiger partial charge is 0.301 e. The molecule has 0 radical (unpaired) electrons. The number of ketones is 1. The van der Waals surface area contributed by atoms with Crippen molar-refractivity contribution in [3.8, 4) is 5.75 Å². The first-order valence-corrected chi connectivity index (χ1v) is 12.4. The standard InChI is InChI=1S/C28H23FN2O4S/c1-3-13-35-20-6-4-5-18(14-20)24-23(25(32)17-9-7-16(2)8-10-17)26(33)27(34)31(24)28-30-21-12-11-19(29)15-22(21)36-28/h4-12,14-15,24,32H,3,13H2,1-2H3/b25-23+. The summed E-state index contributed by atoms with van der Waals surface area (Å²) in [5.41, 5.74) is 2.47. The third-order valence-corrected chi connectivity index (χ3v) is 6.98. The van der Waals surface area contributed by atoms with Crippen LogP contribution < -0.4 is 9.64 Å². The lowest BCUT2D eigenvalue weighted by Gasteiger charge is -2.23. The number of nitrogens with zero attached hydrogens (tertiary/aromatic N) is 2. The van der Waals surface area contributed by atoms with Crippen LogP contribution in [-0.2, 0) is 9.59 Å². The molecule has 0 aliphatic carbocycles. The van der Waals surface area contributed by atoms with Crippen LogP contribution in [-0.4, -0.2) is 28.4 Å². The van der Waals surface area contributed by atoms with Gasteiger partial charge in [-0.1, -0.05) is 60.2 Å². The summed E-state index contributed by atoms with van der Waals surface area (Å²) in [6.07, 6.45) is 0.818. The van der Waals surface area contributed by atoms with Gasteiger partial charge >= 0.3 is 5.91 Å². The Bertz CT molecular complexity index is 1510. The normalized spacial score (nSPS) is 17.2. The van der Waals surface area contributed by atoms with Gasteiger partial charge in [-0.2, -0.15) is 0 Å². The molecule has 5 rings (SSSR count). The van der Waals surface area contributed by atoms with E-state index in [1.165, 1.54) is 23.1 Å². The Morgan fingerprint density at radius 3 is 2.64 bits per heavy atom. The van der Waals surface area contributed by atoms with E-state index in [1.807, 2.05) is 26.0 Å². The minimum Gasteiger partial charge on any atom is -0.507 e. The number of amides is 1. The summed E-state index contributed by atoms with van der Waals surface area (Å²) in [5, 5.41) is 11.5. The van der Waals surface area contributed by atoms with Gasteiger partial charge in [0.05, 0.1) is 28.4 Å². The Balaban J connectivity index is 1.70. The zero-order valence-corrected chi connectivity index (χ0v) is 20.5. The van der Waals surface area contributed by atoms with Crippen LogP contribution in [0.5, 0.6) is 5.75 Å². The number of ether oxygens (including phenoxy) is 1. The predicted octanol–water partition coefficient (Wildman–Crippen LogP) is 6.16. The molecule has 2 heterocycles. The van der Waals surface area contributed by atoms with Crippen LogP contribution in [0.3, 0.4) is 0 Å². The zero-order valence-electron chi connectivity index (χ0n) is 19.7. The lowest BCUT2D eigenvalue weighted by molar-refractivity contribution is -0.132. The van der Waals surface area contributed by atoms with Crippen molar-refractivity contribution in [2.75, 3.05) is 11.5 Å². The second-order valence-corrected chi connectivity index (χ2v) is 9.57. The van der Waals surface area contributed by atoms with E-state index in [2.05, 4.69) is 4.98 Å². The van der Waals surface area contributed by atoms with Crippen molar-refractivity contribution in [3.05, 3.63) is 94.8 Å². The number of aliphatic hydroxyl groups is 1. The van der Waals surface area contributed by atoms with Crippen molar-refractivity contribution in [1.29, 1.82) is 0 Å². The van der Waals surface area contributed by atoms with Gasteiger partial charge in [-0.05, 0) is 49.2 Å². The highest BCUT2D eigenvalue weighted by molar-refractivity contribution is 7.22. The topological polar surface area (TPSA) is 79.7 Å². The maximum absolute atomic E-state index is 13.8. The van der Waals surface area contributed by atoms with E-state index in [4.69, 9.17) is 4.74 Å².